The van der Waals surface area contributed by atoms with Gasteiger partial charge in [0.2, 0.25) is 5.91 Å². The highest BCUT2D eigenvalue weighted by Crippen LogP contribution is 2.35. The number of aromatic nitrogens is 1. The molecular weight excluding hydrogens is 404 g/mol. The molecule has 0 fully saturated rings. The van der Waals surface area contributed by atoms with E-state index in [9.17, 15) is 4.79 Å². The fraction of sp³-hybridized carbons (Fsp3) is 0.304. The molecule has 29 heavy (non-hydrogen) atoms. The molecular formula is C23H25ClN2O2S. The van der Waals surface area contributed by atoms with Gasteiger partial charge in [-0.2, -0.15) is 0 Å². The van der Waals surface area contributed by atoms with Crippen molar-refractivity contribution in [1.29, 1.82) is 0 Å². The third kappa shape index (κ3) is 4.31. The number of nitrogens with zero attached hydrogens (tertiary/aromatic N) is 1. The lowest BCUT2D eigenvalue weighted by Gasteiger charge is -2.12. The summed E-state index contributed by atoms with van der Waals surface area (Å²) in [4.78, 5) is 13.2. The van der Waals surface area contributed by atoms with Crippen LogP contribution in [0.2, 0.25) is 5.02 Å². The average molecular weight is 429 g/mol. The van der Waals surface area contributed by atoms with Crippen molar-refractivity contribution < 1.29 is 9.53 Å². The number of benzene rings is 2. The summed E-state index contributed by atoms with van der Waals surface area (Å²) in [6.07, 6.45) is 0.259. The number of thiocarbonyl (C=S) groups is 1. The molecule has 1 N–H and O–H groups in total. The first-order valence-corrected chi connectivity index (χ1v) is 10.3. The molecule has 0 saturated heterocycles. The first-order valence-electron chi connectivity index (χ1n) is 9.51. The Bertz CT molecular complexity index is 1080. The van der Waals surface area contributed by atoms with Crippen LogP contribution in [0.3, 0.4) is 0 Å². The summed E-state index contributed by atoms with van der Waals surface area (Å²) in [5.74, 6) is 0.542. The van der Waals surface area contributed by atoms with Gasteiger partial charge >= 0.3 is 0 Å². The van der Waals surface area contributed by atoms with Crippen molar-refractivity contribution in [2.45, 2.75) is 40.2 Å². The number of aryl methyl sites for hydroxylation is 1. The summed E-state index contributed by atoms with van der Waals surface area (Å²) < 4.78 is 7.41. The summed E-state index contributed by atoms with van der Waals surface area (Å²) in [6, 6.07) is 11.9. The summed E-state index contributed by atoms with van der Waals surface area (Å²) in [5.41, 5.74) is 4.82. The average Bonchev–Trinajstić information content (AvgIpc) is 2.91. The molecule has 0 bridgehead atoms. The van der Waals surface area contributed by atoms with Gasteiger partial charge in [0.1, 0.15) is 10.7 Å². The van der Waals surface area contributed by atoms with E-state index in [1.54, 1.807) is 7.11 Å². The Labute approximate surface area is 181 Å². The van der Waals surface area contributed by atoms with E-state index >= 15 is 0 Å². The minimum atomic E-state index is -0.0303. The van der Waals surface area contributed by atoms with Gasteiger partial charge in [0, 0.05) is 22.7 Å². The van der Waals surface area contributed by atoms with Crippen LogP contribution in [-0.2, 0) is 11.2 Å². The number of nitrogens with one attached hydrogen (secondary N) is 1. The summed E-state index contributed by atoms with van der Waals surface area (Å²) >= 11 is 12.3. The molecule has 0 unspecified atom stereocenters. The van der Waals surface area contributed by atoms with E-state index in [0.29, 0.717) is 15.8 Å². The van der Waals surface area contributed by atoms with Gasteiger partial charge in [-0.1, -0.05) is 53.6 Å². The van der Waals surface area contributed by atoms with Gasteiger partial charge in [-0.3, -0.25) is 4.79 Å². The number of methoxy groups -OCH3 is 1. The topological polar surface area (TPSA) is 43.3 Å². The number of ether oxygens (including phenoxy) is 1. The Hall–Kier alpha value is -2.37. The van der Waals surface area contributed by atoms with Crippen molar-refractivity contribution in [2.24, 2.45) is 0 Å². The maximum Gasteiger partial charge on any atom is 0.224 e. The molecule has 4 nitrogen and oxygen atoms in total. The van der Waals surface area contributed by atoms with Gasteiger partial charge < -0.3 is 14.6 Å². The monoisotopic (exact) mass is 428 g/mol. The van der Waals surface area contributed by atoms with Crippen LogP contribution in [0.5, 0.6) is 5.75 Å². The third-order valence-corrected chi connectivity index (χ3v) is 5.61. The minimum absolute atomic E-state index is 0.0303. The van der Waals surface area contributed by atoms with Gasteiger partial charge in [0.25, 0.3) is 0 Å². The van der Waals surface area contributed by atoms with Crippen molar-refractivity contribution in [3.8, 4) is 5.75 Å². The molecule has 1 heterocycles. The Morgan fingerprint density at radius 2 is 1.86 bits per heavy atom. The molecule has 0 spiro atoms. The first kappa shape index (κ1) is 21.3. The quantitative estimate of drug-likeness (QED) is 0.567. The van der Waals surface area contributed by atoms with E-state index < -0.39 is 0 Å². The molecule has 3 aromatic rings. The largest absolute Gasteiger partial charge is 0.495 e. The van der Waals surface area contributed by atoms with Crippen molar-refractivity contribution >= 4 is 45.6 Å². The normalized spacial score (nSPS) is 11.1. The van der Waals surface area contributed by atoms with Crippen LogP contribution in [0.4, 0.5) is 0 Å². The zero-order valence-electron chi connectivity index (χ0n) is 17.3. The van der Waals surface area contributed by atoms with E-state index in [-0.39, 0.29) is 18.4 Å². The van der Waals surface area contributed by atoms with Crippen LogP contribution in [0.1, 0.15) is 36.2 Å². The smallest absolute Gasteiger partial charge is 0.224 e. The maximum atomic E-state index is 12.5. The Kier molecular flexibility index (Phi) is 6.30. The Morgan fingerprint density at radius 3 is 2.45 bits per heavy atom. The molecule has 0 aliphatic rings. The number of carbonyl (C=O) groups is 1. The number of fused-ring (bicyclic) bond motifs is 1. The standard InChI is InChI=1S/C23H25ClN2O2S/c1-13(2)25-22(27)11-17-15(4)26(23(29)16-8-6-14(3)7-9-16)20-12-19(24)21(28-5)10-18(17)20/h6-10,12-13H,11H2,1-5H3,(H,25,27). The Morgan fingerprint density at radius 1 is 1.21 bits per heavy atom. The SMILES string of the molecule is COc1cc2c(CC(=O)NC(C)C)c(C)n(C(=S)c3ccc(C)cc3)c2cc1Cl. The number of carbonyl (C=O) groups excluding carboxylic acids is 1. The van der Waals surface area contributed by atoms with Crippen molar-refractivity contribution in [1.82, 2.24) is 9.88 Å². The lowest BCUT2D eigenvalue weighted by Crippen LogP contribution is -2.31. The van der Waals surface area contributed by atoms with Gasteiger partial charge in [-0.25, -0.2) is 0 Å². The summed E-state index contributed by atoms with van der Waals surface area (Å²) in [6.45, 7) is 7.92. The second-order valence-corrected chi connectivity index (χ2v) is 8.27. The van der Waals surface area contributed by atoms with Crippen molar-refractivity contribution in [2.75, 3.05) is 7.11 Å². The van der Waals surface area contributed by atoms with Crippen LogP contribution in [0, 0.1) is 13.8 Å². The van der Waals surface area contributed by atoms with E-state index in [0.717, 1.165) is 27.7 Å². The predicted octanol–water partition coefficient (Wildman–Crippen LogP) is 5.21. The molecule has 0 radical (unpaired) electrons. The number of amides is 1. The van der Waals surface area contributed by atoms with Gasteiger partial charge in [-0.05, 0) is 45.4 Å². The lowest BCUT2D eigenvalue weighted by atomic mass is 10.1. The predicted molar refractivity (Wildman–Crippen MR) is 123 cm³/mol. The number of hydrogen-bond acceptors (Lipinski definition) is 3. The van der Waals surface area contributed by atoms with Gasteiger partial charge in [0.05, 0.1) is 24.1 Å². The molecule has 1 amide bonds. The molecule has 0 atom stereocenters. The van der Waals surface area contributed by atoms with Crippen LogP contribution in [0.25, 0.3) is 10.9 Å². The third-order valence-electron chi connectivity index (χ3n) is 4.90. The molecule has 0 saturated carbocycles. The first-order chi connectivity index (χ1) is 13.7. The molecule has 2 aromatic carbocycles. The van der Waals surface area contributed by atoms with E-state index in [2.05, 4.69) is 5.32 Å². The molecule has 6 heteroatoms. The van der Waals surface area contributed by atoms with E-state index in [1.807, 2.05) is 68.7 Å². The number of rotatable bonds is 5. The highest BCUT2D eigenvalue weighted by molar-refractivity contribution is 7.80. The van der Waals surface area contributed by atoms with Crippen molar-refractivity contribution in [3.05, 3.63) is 63.8 Å². The highest BCUT2D eigenvalue weighted by atomic mass is 35.5. The lowest BCUT2D eigenvalue weighted by molar-refractivity contribution is -0.120. The summed E-state index contributed by atoms with van der Waals surface area (Å²) in [5, 5.41) is 4.38. The zero-order chi connectivity index (χ0) is 21.3. The van der Waals surface area contributed by atoms with Gasteiger partial charge in [-0.15, -0.1) is 0 Å². The number of hydrogen-bond donors (Lipinski definition) is 1. The highest BCUT2D eigenvalue weighted by Gasteiger charge is 2.21. The molecule has 1 aromatic heterocycles. The van der Waals surface area contributed by atoms with Crippen LogP contribution in [0.15, 0.2) is 36.4 Å². The van der Waals surface area contributed by atoms with Crippen molar-refractivity contribution in [3.63, 3.8) is 0 Å². The van der Waals surface area contributed by atoms with Crippen LogP contribution >= 0.6 is 23.8 Å². The summed E-state index contributed by atoms with van der Waals surface area (Å²) in [7, 11) is 1.58. The fourth-order valence-electron chi connectivity index (χ4n) is 3.48. The Balaban J connectivity index is 2.20. The second kappa shape index (κ2) is 8.56. The van der Waals surface area contributed by atoms with Gasteiger partial charge in [0.15, 0.2) is 0 Å². The van der Waals surface area contributed by atoms with Crippen LogP contribution in [-0.4, -0.2) is 28.6 Å². The number of halogens is 1. The minimum Gasteiger partial charge on any atom is -0.495 e. The molecule has 0 aliphatic heterocycles. The molecule has 0 aliphatic carbocycles. The van der Waals surface area contributed by atoms with E-state index in [4.69, 9.17) is 28.6 Å². The van der Waals surface area contributed by atoms with Crippen LogP contribution < -0.4 is 10.1 Å². The molecule has 3 rings (SSSR count). The van der Waals surface area contributed by atoms with E-state index in [1.165, 1.54) is 5.56 Å². The molecule has 152 valence electrons. The zero-order valence-corrected chi connectivity index (χ0v) is 18.9. The maximum absolute atomic E-state index is 12.5. The second-order valence-electron chi connectivity index (χ2n) is 7.47. The fourth-order valence-corrected chi connectivity index (χ4v) is 4.09.